The fraction of sp³-hybridized carbons (Fsp3) is 0.333. The van der Waals surface area contributed by atoms with E-state index in [-0.39, 0.29) is 24.2 Å². The van der Waals surface area contributed by atoms with Gasteiger partial charge in [0.25, 0.3) is 6.43 Å². The van der Waals surface area contributed by atoms with Gasteiger partial charge in [0, 0.05) is 6.54 Å². The summed E-state index contributed by atoms with van der Waals surface area (Å²) in [6.07, 6.45) is -3.15. The lowest BCUT2D eigenvalue weighted by Crippen LogP contribution is -2.08. The predicted octanol–water partition coefficient (Wildman–Crippen LogP) is 1.68. The largest absolute Gasteiger partial charge is 0.326 e. The maximum absolute atomic E-state index is 13.0. The zero-order valence-corrected chi connectivity index (χ0v) is 7.67. The van der Waals surface area contributed by atoms with E-state index < -0.39 is 17.9 Å². The Hall–Kier alpha value is -1.61. The maximum Gasteiger partial charge on any atom is 0.283 e. The number of nitriles is 1. The van der Waals surface area contributed by atoms with Crippen LogP contribution in [0.1, 0.15) is 23.4 Å². The van der Waals surface area contributed by atoms with Gasteiger partial charge in [-0.15, -0.1) is 0 Å². The highest BCUT2D eigenvalue weighted by Crippen LogP contribution is 2.22. The van der Waals surface area contributed by atoms with E-state index in [2.05, 4.69) is 4.98 Å². The molecule has 1 rings (SSSR count). The van der Waals surface area contributed by atoms with Crippen molar-refractivity contribution >= 4 is 0 Å². The quantitative estimate of drug-likeness (QED) is 0.834. The van der Waals surface area contributed by atoms with E-state index >= 15 is 0 Å². The van der Waals surface area contributed by atoms with Crippen molar-refractivity contribution < 1.29 is 13.2 Å². The lowest BCUT2D eigenvalue weighted by Gasteiger charge is -2.07. The lowest BCUT2D eigenvalue weighted by molar-refractivity contribution is 0.140. The Morgan fingerprint density at radius 2 is 2.20 bits per heavy atom. The van der Waals surface area contributed by atoms with Gasteiger partial charge in [0.05, 0.1) is 18.2 Å². The second kappa shape index (κ2) is 4.75. The first-order valence-corrected chi connectivity index (χ1v) is 4.13. The molecule has 3 nitrogen and oxygen atoms in total. The predicted molar refractivity (Wildman–Crippen MR) is 46.4 cm³/mol. The molecule has 0 unspecified atom stereocenters. The zero-order valence-electron chi connectivity index (χ0n) is 7.67. The molecular weight excluding hydrogens is 207 g/mol. The standard InChI is InChI=1S/C9H8F3N3/c10-6-3-5(4-14)7(1-2-13)15-8(6)9(11)12/h3,9H,1,4,14H2. The minimum atomic E-state index is -2.99. The molecule has 0 fully saturated rings. The topological polar surface area (TPSA) is 62.7 Å². The summed E-state index contributed by atoms with van der Waals surface area (Å²) >= 11 is 0. The third-order valence-electron chi connectivity index (χ3n) is 1.84. The van der Waals surface area contributed by atoms with Crippen LogP contribution in [0.3, 0.4) is 0 Å². The van der Waals surface area contributed by atoms with Gasteiger partial charge in [-0.25, -0.2) is 18.2 Å². The van der Waals surface area contributed by atoms with Crippen molar-refractivity contribution in [2.45, 2.75) is 19.4 Å². The summed E-state index contributed by atoms with van der Waals surface area (Å²) < 4.78 is 37.6. The summed E-state index contributed by atoms with van der Waals surface area (Å²) in [4.78, 5) is 3.40. The SMILES string of the molecule is N#CCc1nc(C(F)F)c(F)cc1CN. The number of aromatic nitrogens is 1. The van der Waals surface area contributed by atoms with Crippen LogP contribution in [-0.2, 0) is 13.0 Å². The molecule has 0 spiro atoms. The Morgan fingerprint density at radius 1 is 1.53 bits per heavy atom. The Labute approximate surface area is 84.3 Å². The number of nitrogens with zero attached hydrogens (tertiary/aromatic N) is 2. The number of halogens is 3. The first-order chi connectivity index (χ1) is 7.10. The normalized spacial score (nSPS) is 10.4. The van der Waals surface area contributed by atoms with Crippen molar-refractivity contribution in [2.75, 3.05) is 0 Å². The fourth-order valence-corrected chi connectivity index (χ4v) is 1.14. The Balaban J connectivity index is 3.25. The summed E-state index contributed by atoms with van der Waals surface area (Å²) in [5.41, 5.74) is 4.72. The van der Waals surface area contributed by atoms with Gasteiger partial charge in [0.15, 0.2) is 5.82 Å². The molecule has 80 valence electrons. The van der Waals surface area contributed by atoms with Gasteiger partial charge < -0.3 is 5.73 Å². The highest BCUT2D eigenvalue weighted by Gasteiger charge is 2.18. The van der Waals surface area contributed by atoms with Crippen molar-refractivity contribution in [1.82, 2.24) is 4.98 Å². The number of alkyl halides is 2. The molecule has 0 aliphatic heterocycles. The van der Waals surface area contributed by atoms with Crippen LogP contribution < -0.4 is 5.73 Å². The highest BCUT2D eigenvalue weighted by atomic mass is 19.3. The van der Waals surface area contributed by atoms with Gasteiger partial charge in [-0.3, -0.25) is 0 Å². The summed E-state index contributed by atoms with van der Waals surface area (Å²) in [7, 11) is 0. The van der Waals surface area contributed by atoms with Gasteiger partial charge in [0.1, 0.15) is 5.69 Å². The highest BCUT2D eigenvalue weighted by molar-refractivity contribution is 5.26. The Kier molecular flexibility index (Phi) is 3.63. The van der Waals surface area contributed by atoms with Crippen molar-refractivity contribution in [1.29, 1.82) is 5.26 Å². The summed E-state index contributed by atoms with van der Waals surface area (Å²) in [6.45, 7) is -0.0373. The zero-order chi connectivity index (χ0) is 11.4. The molecule has 0 aliphatic rings. The first kappa shape index (κ1) is 11.5. The van der Waals surface area contributed by atoms with Crippen molar-refractivity contribution in [3.8, 4) is 6.07 Å². The minimum Gasteiger partial charge on any atom is -0.326 e. The van der Waals surface area contributed by atoms with Crippen molar-refractivity contribution in [3.63, 3.8) is 0 Å². The summed E-state index contributed by atoms with van der Waals surface area (Å²) in [6, 6.07) is 2.66. The molecule has 0 aliphatic carbocycles. The van der Waals surface area contributed by atoms with Crippen LogP contribution in [0.4, 0.5) is 13.2 Å². The summed E-state index contributed by atoms with van der Waals surface area (Å²) in [5, 5.41) is 8.43. The van der Waals surface area contributed by atoms with E-state index in [4.69, 9.17) is 11.0 Å². The van der Waals surface area contributed by atoms with Crippen LogP contribution in [0, 0.1) is 17.1 Å². The smallest absolute Gasteiger partial charge is 0.283 e. The lowest BCUT2D eigenvalue weighted by atomic mass is 10.1. The van der Waals surface area contributed by atoms with Crippen LogP contribution in [0.5, 0.6) is 0 Å². The van der Waals surface area contributed by atoms with Gasteiger partial charge >= 0.3 is 0 Å². The van der Waals surface area contributed by atoms with E-state index in [1.54, 1.807) is 6.07 Å². The number of nitrogens with two attached hydrogens (primary N) is 1. The maximum atomic E-state index is 13.0. The molecular formula is C9H8F3N3. The third-order valence-corrected chi connectivity index (χ3v) is 1.84. The number of hydrogen-bond donors (Lipinski definition) is 1. The average molecular weight is 215 g/mol. The molecule has 0 bridgehead atoms. The first-order valence-electron chi connectivity index (χ1n) is 4.13. The molecule has 2 N–H and O–H groups in total. The van der Waals surface area contributed by atoms with E-state index in [0.29, 0.717) is 0 Å². The summed E-state index contributed by atoms with van der Waals surface area (Å²) in [5.74, 6) is -1.09. The molecule has 0 radical (unpaired) electrons. The number of hydrogen-bond acceptors (Lipinski definition) is 3. The van der Waals surface area contributed by atoms with Gasteiger partial charge in [-0.2, -0.15) is 5.26 Å². The minimum absolute atomic E-state index is 0.0373. The Morgan fingerprint density at radius 3 is 2.67 bits per heavy atom. The third kappa shape index (κ3) is 2.44. The Bertz CT molecular complexity index is 398. The molecule has 0 saturated carbocycles. The van der Waals surface area contributed by atoms with Crippen molar-refractivity contribution in [2.24, 2.45) is 5.73 Å². The van der Waals surface area contributed by atoms with Crippen LogP contribution in [0.25, 0.3) is 0 Å². The number of pyridine rings is 1. The number of rotatable bonds is 3. The molecule has 1 aromatic heterocycles. The molecule has 0 amide bonds. The fourth-order valence-electron chi connectivity index (χ4n) is 1.14. The average Bonchev–Trinajstić information content (AvgIpc) is 2.20. The van der Waals surface area contributed by atoms with E-state index in [1.807, 2.05) is 0 Å². The molecule has 1 heterocycles. The van der Waals surface area contributed by atoms with Gasteiger partial charge in [-0.1, -0.05) is 0 Å². The van der Waals surface area contributed by atoms with Gasteiger partial charge in [0.2, 0.25) is 0 Å². The van der Waals surface area contributed by atoms with Crippen LogP contribution in [0.2, 0.25) is 0 Å². The van der Waals surface area contributed by atoms with E-state index in [0.717, 1.165) is 6.07 Å². The van der Waals surface area contributed by atoms with Crippen LogP contribution in [-0.4, -0.2) is 4.98 Å². The second-order valence-corrected chi connectivity index (χ2v) is 2.80. The monoisotopic (exact) mass is 215 g/mol. The molecule has 0 saturated heterocycles. The van der Waals surface area contributed by atoms with E-state index in [1.165, 1.54) is 0 Å². The van der Waals surface area contributed by atoms with Crippen LogP contribution in [0.15, 0.2) is 6.07 Å². The molecule has 1 aromatic rings. The molecule has 15 heavy (non-hydrogen) atoms. The van der Waals surface area contributed by atoms with E-state index in [9.17, 15) is 13.2 Å². The van der Waals surface area contributed by atoms with Crippen molar-refractivity contribution in [3.05, 3.63) is 28.8 Å². The molecule has 0 atom stereocenters. The molecule has 0 aromatic carbocycles. The molecule has 6 heteroatoms. The second-order valence-electron chi connectivity index (χ2n) is 2.80. The van der Waals surface area contributed by atoms with Gasteiger partial charge in [-0.05, 0) is 11.6 Å². The van der Waals surface area contributed by atoms with Crippen LogP contribution >= 0.6 is 0 Å².